The van der Waals surface area contributed by atoms with E-state index in [2.05, 4.69) is 29.8 Å². The summed E-state index contributed by atoms with van der Waals surface area (Å²) in [6.45, 7) is 8.90. The molecular weight excluding hydrogens is 462 g/mol. The van der Waals surface area contributed by atoms with Gasteiger partial charge in [0.25, 0.3) is 0 Å². The summed E-state index contributed by atoms with van der Waals surface area (Å²) in [7, 11) is 0. The number of thiophene rings is 1. The third-order valence-electron chi connectivity index (χ3n) is 6.73. The standard InChI is InChI=1S/C27H37N3O4S/c1-4-11-28-27(32)29(16-21-6-5-13-33-21)17-26(31)30-12-9-25-22(10-14-35-25)23(30)18-34-24-8-7-19(2)15-20(24)3/h7-8,10,14-15,21,23H,4-6,9,11-13,16-18H2,1-3H3,(H,28,32)/t21-,23+/m1/s1. The number of ether oxygens (including phenoxy) is 2. The second-order valence-corrected chi connectivity index (χ2v) is 10.5. The molecule has 1 N–H and O–H groups in total. The van der Waals surface area contributed by atoms with Crippen LogP contribution in [0.5, 0.6) is 5.75 Å². The number of rotatable bonds is 9. The molecule has 0 spiro atoms. The highest BCUT2D eigenvalue weighted by atomic mass is 32.1. The van der Waals surface area contributed by atoms with Gasteiger partial charge >= 0.3 is 6.03 Å². The first kappa shape index (κ1) is 25.5. The van der Waals surface area contributed by atoms with Crippen LogP contribution in [0.25, 0.3) is 0 Å². The fourth-order valence-corrected chi connectivity index (χ4v) is 5.78. The van der Waals surface area contributed by atoms with E-state index in [0.717, 1.165) is 42.6 Å². The molecule has 1 aromatic heterocycles. The summed E-state index contributed by atoms with van der Waals surface area (Å²) in [5.41, 5.74) is 3.43. The summed E-state index contributed by atoms with van der Waals surface area (Å²) in [5.74, 6) is 0.782. The summed E-state index contributed by atoms with van der Waals surface area (Å²) < 4.78 is 12.0. The Hall–Kier alpha value is -2.58. The Bertz CT molecular complexity index is 1020. The highest BCUT2D eigenvalue weighted by Gasteiger charge is 2.34. The lowest BCUT2D eigenvalue weighted by Gasteiger charge is -2.37. The number of fused-ring (bicyclic) bond motifs is 1. The van der Waals surface area contributed by atoms with Gasteiger partial charge in [-0.3, -0.25) is 4.79 Å². The largest absolute Gasteiger partial charge is 0.491 e. The molecule has 0 bridgehead atoms. The lowest BCUT2D eigenvalue weighted by atomic mass is 10.00. The van der Waals surface area contributed by atoms with Gasteiger partial charge in [0.1, 0.15) is 18.9 Å². The Balaban J connectivity index is 1.49. The van der Waals surface area contributed by atoms with Crippen LogP contribution >= 0.6 is 11.3 Å². The molecule has 2 aliphatic heterocycles. The first-order valence-electron chi connectivity index (χ1n) is 12.7. The average molecular weight is 500 g/mol. The van der Waals surface area contributed by atoms with Gasteiger partial charge < -0.3 is 24.6 Å². The molecule has 7 nitrogen and oxygen atoms in total. The van der Waals surface area contributed by atoms with Gasteiger partial charge in [0, 0.05) is 31.1 Å². The number of benzene rings is 1. The Morgan fingerprint density at radius 2 is 2.14 bits per heavy atom. The zero-order valence-corrected chi connectivity index (χ0v) is 21.9. The zero-order chi connectivity index (χ0) is 24.8. The van der Waals surface area contributed by atoms with Crippen molar-refractivity contribution in [1.29, 1.82) is 0 Å². The molecule has 35 heavy (non-hydrogen) atoms. The molecule has 190 valence electrons. The molecule has 2 atom stereocenters. The van der Waals surface area contributed by atoms with Crippen LogP contribution in [0.1, 0.15) is 53.8 Å². The van der Waals surface area contributed by atoms with Crippen LogP contribution in [0.2, 0.25) is 0 Å². The molecule has 2 aliphatic rings. The fraction of sp³-hybridized carbons (Fsp3) is 0.556. The van der Waals surface area contributed by atoms with E-state index in [1.165, 1.54) is 10.4 Å². The van der Waals surface area contributed by atoms with Crippen molar-refractivity contribution >= 4 is 23.3 Å². The third-order valence-corrected chi connectivity index (χ3v) is 7.73. The predicted octanol–water partition coefficient (Wildman–Crippen LogP) is 4.47. The summed E-state index contributed by atoms with van der Waals surface area (Å²) >= 11 is 1.73. The SMILES string of the molecule is CCCNC(=O)N(CC(=O)N1CCc2sccc2[C@@H]1COc1ccc(C)cc1C)C[C@H]1CCCO1. The van der Waals surface area contributed by atoms with Gasteiger partial charge in [-0.1, -0.05) is 24.6 Å². The number of aryl methyl sites for hydroxylation is 2. The van der Waals surface area contributed by atoms with Crippen LogP contribution in [0, 0.1) is 13.8 Å². The second-order valence-electron chi connectivity index (χ2n) is 9.48. The molecule has 3 heterocycles. The molecule has 1 fully saturated rings. The topological polar surface area (TPSA) is 71.1 Å². The number of carbonyl (C=O) groups excluding carboxylic acids is 2. The summed E-state index contributed by atoms with van der Waals surface area (Å²) in [4.78, 5) is 31.4. The van der Waals surface area contributed by atoms with Crippen molar-refractivity contribution in [3.8, 4) is 5.75 Å². The Kier molecular flexibility index (Phi) is 8.68. The van der Waals surface area contributed by atoms with E-state index in [-0.39, 0.29) is 30.6 Å². The second kappa shape index (κ2) is 11.9. The number of amides is 3. The highest BCUT2D eigenvalue weighted by molar-refractivity contribution is 7.10. The van der Waals surface area contributed by atoms with Crippen molar-refractivity contribution in [2.45, 2.75) is 58.6 Å². The fourth-order valence-electron chi connectivity index (χ4n) is 4.86. The molecule has 1 saturated heterocycles. The van der Waals surface area contributed by atoms with Gasteiger partial charge in [0.05, 0.1) is 12.1 Å². The predicted molar refractivity (Wildman–Crippen MR) is 138 cm³/mol. The molecule has 4 rings (SSSR count). The minimum absolute atomic E-state index is 0.0105. The summed E-state index contributed by atoms with van der Waals surface area (Å²) in [6, 6.07) is 7.87. The van der Waals surface area contributed by atoms with E-state index < -0.39 is 0 Å². The van der Waals surface area contributed by atoms with Crippen LogP contribution in [0.15, 0.2) is 29.6 Å². The van der Waals surface area contributed by atoms with Crippen LogP contribution in [-0.4, -0.2) is 67.2 Å². The van der Waals surface area contributed by atoms with E-state index in [1.807, 2.05) is 30.9 Å². The van der Waals surface area contributed by atoms with E-state index in [0.29, 0.717) is 32.8 Å². The van der Waals surface area contributed by atoms with Gasteiger partial charge in [0.15, 0.2) is 0 Å². The first-order valence-corrected chi connectivity index (χ1v) is 13.5. The third kappa shape index (κ3) is 6.35. The van der Waals surface area contributed by atoms with E-state index in [1.54, 1.807) is 16.2 Å². The van der Waals surface area contributed by atoms with E-state index in [9.17, 15) is 9.59 Å². The Morgan fingerprint density at radius 3 is 2.89 bits per heavy atom. The van der Waals surface area contributed by atoms with Crippen molar-refractivity contribution < 1.29 is 19.1 Å². The molecule has 0 saturated carbocycles. The van der Waals surface area contributed by atoms with Crippen LogP contribution in [0.4, 0.5) is 4.79 Å². The van der Waals surface area contributed by atoms with E-state index >= 15 is 0 Å². The number of nitrogens with zero attached hydrogens (tertiary/aromatic N) is 2. The maximum atomic E-state index is 13.6. The maximum Gasteiger partial charge on any atom is 0.317 e. The molecule has 0 aliphatic carbocycles. The van der Waals surface area contributed by atoms with Crippen LogP contribution in [-0.2, 0) is 16.0 Å². The van der Waals surface area contributed by atoms with Gasteiger partial charge in [-0.05, 0) is 68.2 Å². The number of hydrogen-bond donors (Lipinski definition) is 1. The molecule has 2 aromatic rings. The molecule has 8 heteroatoms. The molecule has 3 amide bonds. The number of urea groups is 1. The average Bonchev–Trinajstić information content (AvgIpc) is 3.53. The van der Waals surface area contributed by atoms with Crippen molar-refractivity contribution in [2.75, 3.05) is 39.4 Å². The summed E-state index contributed by atoms with van der Waals surface area (Å²) in [6.07, 6.45) is 3.57. The number of carbonyl (C=O) groups is 2. The Morgan fingerprint density at radius 1 is 1.29 bits per heavy atom. The normalized spacial score (nSPS) is 19.3. The smallest absolute Gasteiger partial charge is 0.317 e. The Labute approximate surface area is 212 Å². The van der Waals surface area contributed by atoms with Crippen molar-refractivity contribution in [1.82, 2.24) is 15.1 Å². The maximum absolute atomic E-state index is 13.6. The van der Waals surface area contributed by atoms with Gasteiger partial charge in [-0.15, -0.1) is 11.3 Å². The number of nitrogens with one attached hydrogen (secondary N) is 1. The lowest BCUT2D eigenvalue weighted by molar-refractivity contribution is -0.135. The molecule has 0 radical (unpaired) electrons. The molecule has 1 aromatic carbocycles. The van der Waals surface area contributed by atoms with Gasteiger partial charge in [-0.2, -0.15) is 0 Å². The summed E-state index contributed by atoms with van der Waals surface area (Å²) in [5, 5.41) is 5.02. The molecular formula is C27H37N3O4S. The minimum Gasteiger partial charge on any atom is -0.491 e. The monoisotopic (exact) mass is 499 g/mol. The number of hydrogen-bond acceptors (Lipinski definition) is 5. The highest BCUT2D eigenvalue weighted by Crippen LogP contribution is 2.34. The van der Waals surface area contributed by atoms with Crippen molar-refractivity contribution in [3.63, 3.8) is 0 Å². The van der Waals surface area contributed by atoms with Gasteiger partial charge in [-0.25, -0.2) is 4.79 Å². The van der Waals surface area contributed by atoms with Crippen molar-refractivity contribution in [3.05, 3.63) is 51.2 Å². The first-order chi connectivity index (χ1) is 17.0. The van der Waals surface area contributed by atoms with Crippen LogP contribution in [0.3, 0.4) is 0 Å². The van der Waals surface area contributed by atoms with Crippen LogP contribution < -0.4 is 10.1 Å². The lowest BCUT2D eigenvalue weighted by Crippen LogP contribution is -2.51. The quantitative estimate of drug-likeness (QED) is 0.553. The zero-order valence-electron chi connectivity index (χ0n) is 21.0. The van der Waals surface area contributed by atoms with Gasteiger partial charge in [0.2, 0.25) is 5.91 Å². The van der Waals surface area contributed by atoms with E-state index in [4.69, 9.17) is 9.47 Å². The molecule has 0 unspecified atom stereocenters. The van der Waals surface area contributed by atoms with Crippen molar-refractivity contribution in [2.24, 2.45) is 0 Å². The minimum atomic E-state index is -0.202.